The van der Waals surface area contributed by atoms with Gasteiger partial charge in [-0.15, -0.1) is 0 Å². The monoisotopic (exact) mass is 270 g/mol. The molecular weight excluding hydrogens is 260 g/mol. The second-order valence-electron chi connectivity index (χ2n) is 3.98. The van der Waals surface area contributed by atoms with Crippen LogP contribution in [0.3, 0.4) is 0 Å². The highest BCUT2D eigenvalue weighted by atomic mass is 79.9. The normalized spacial score (nSPS) is 17.5. The quantitative estimate of drug-likeness (QED) is 0.869. The van der Waals surface area contributed by atoms with E-state index in [1.807, 2.05) is 0 Å². The van der Waals surface area contributed by atoms with Crippen LogP contribution in [0.4, 0.5) is 0 Å². The van der Waals surface area contributed by atoms with Gasteiger partial charge in [-0.25, -0.2) is 0 Å². The number of aliphatic carboxylic acids is 1. The van der Waals surface area contributed by atoms with E-state index in [0.29, 0.717) is 22.9 Å². The Morgan fingerprint density at radius 2 is 2.07 bits per heavy atom. The van der Waals surface area contributed by atoms with Crippen molar-refractivity contribution < 1.29 is 15.0 Å². The number of carboxylic acids is 1. The highest BCUT2D eigenvalue weighted by Crippen LogP contribution is 2.52. The molecule has 0 atom stereocenters. The summed E-state index contributed by atoms with van der Waals surface area (Å²) in [6.07, 6.45) is 1.28. The lowest BCUT2D eigenvalue weighted by Crippen LogP contribution is -2.20. The first-order valence-electron chi connectivity index (χ1n) is 4.71. The zero-order chi connectivity index (χ0) is 11.2. The van der Waals surface area contributed by atoms with Crippen LogP contribution in [0.15, 0.2) is 16.6 Å². The van der Waals surface area contributed by atoms with Gasteiger partial charge in [-0.1, -0.05) is 12.1 Å². The number of carbonyl (C=O) groups is 1. The largest absolute Gasteiger partial charge is 0.506 e. The van der Waals surface area contributed by atoms with Crippen molar-refractivity contribution in [3.63, 3.8) is 0 Å². The Labute approximate surface area is 95.9 Å². The summed E-state index contributed by atoms with van der Waals surface area (Å²) in [5.74, 6) is -0.675. The van der Waals surface area contributed by atoms with E-state index in [2.05, 4.69) is 15.9 Å². The summed E-state index contributed by atoms with van der Waals surface area (Å²) in [5.41, 5.74) is 0.647. The second kappa shape index (κ2) is 3.23. The number of hydrogen-bond acceptors (Lipinski definition) is 2. The SMILES string of the molecule is Cc1ccc(C2(C(=O)O)CC2)c(Br)c1O. The van der Waals surface area contributed by atoms with Crippen LogP contribution < -0.4 is 0 Å². The van der Waals surface area contributed by atoms with Crippen LogP contribution in [0, 0.1) is 6.92 Å². The van der Waals surface area contributed by atoms with Crippen LogP contribution in [0.25, 0.3) is 0 Å². The van der Waals surface area contributed by atoms with Crippen LogP contribution in [0.2, 0.25) is 0 Å². The van der Waals surface area contributed by atoms with Crippen molar-refractivity contribution in [2.45, 2.75) is 25.2 Å². The molecule has 1 aromatic rings. The third-order valence-electron chi connectivity index (χ3n) is 2.99. The van der Waals surface area contributed by atoms with Crippen LogP contribution in [0.1, 0.15) is 24.0 Å². The molecule has 80 valence electrons. The zero-order valence-corrected chi connectivity index (χ0v) is 9.84. The van der Waals surface area contributed by atoms with E-state index < -0.39 is 11.4 Å². The van der Waals surface area contributed by atoms with Crippen molar-refractivity contribution in [3.8, 4) is 5.75 Å². The van der Waals surface area contributed by atoms with Crippen LogP contribution in [-0.4, -0.2) is 16.2 Å². The molecule has 0 unspecified atom stereocenters. The summed E-state index contributed by atoms with van der Waals surface area (Å²) in [4.78, 5) is 11.1. The molecule has 4 heteroatoms. The van der Waals surface area contributed by atoms with Gasteiger partial charge >= 0.3 is 5.97 Å². The fourth-order valence-electron chi connectivity index (χ4n) is 1.75. The van der Waals surface area contributed by atoms with Gasteiger partial charge in [-0.3, -0.25) is 4.79 Å². The minimum Gasteiger partial charge on any atom is -0.506 e. The number of halogens is 1. The summed E-state index contributed by atoms with van der Waals surface area (Å²) in [6, 6.07) is 3.53. The first-order valence-corrected chi connectivity index (χ1v) is 5.50. The van der Waals surface area contributed by atoms with Crippen molar-refractivity contribution in [1.82, 2.24) is 0 Å². The van der Waals surface area contributed by atoms with Gasteiger partial charge in [0.25, 0.3) is 0 Å². The summed E-state index contributed by atoms with van der Waals surface area (Å²) in [6.45, 7) is 1.78. The highest BCUT2D eigenvalue weighted by molar-refractivity contribution is 9.10. The summed E-state index contributed by atoms with van der Waals surface area (Å²) in [7, 11) is 0. The van der Waals surface area contributed by atoms with Gasteiger partial charge in [-0.2, -0.15) is 0 Å². The maximum Gasteiger partial charge on any atom is 0.314 e. The Morgan fingerprint density at radius 3 is 2.53 bits per heavy atom. The molecule has 1 saturated carbocycles. The number of phenols is 1. The molecule has 2 N–H and O–H groups in total. The second-order valence-corrected chi connectivity index (χ2v) is 4.77. The average molecular weight is 271 g/mol. The molecule has 0 spiro atoms. The van der Waals surface area contributed by atoms with Crippen molar-refractivity contribution >= 4 is 21.9 Å². The van der Waals surface area contributed by atoms with Crippen molar-refractivity contribution in [2.75, 3.05) is 0 Å². The molecule has 1 fully saturated rings. The lowest BCUT2D eigenvalue weighted by atomic mass is 9.95. The first kappa shape index (κ1) is 10.5. The molecule has 0 saturated heterocycles. The predicted octanol–water partition coefficient (Wildman–Crippen LogP) is 2.58. The fraction of sp³-hybridized carbons (Fsp3) is 0.364. The van der Waals surface area contributed by atoms with E-state index in [0.717, 1.165) is 5.56 Å². The number of benzene rings is 1. The van der Waals surface area contributed by atoms with Crippen LogP contribution in [0.5, 0.6) is 5.75 Å². The van der Waals surface area contributed by atoms with E-state index >= 15 is 0 Å². The van der Waals surface area contributed by atoms with Gasteiger partial charge in [0, 0.05) is 0 Å². The summed E-state index contributed by atoms with van der Waals surface area (Å²) in [5, 5.41) is 18.9. The molecule has 2 rings (SSSR count). The topological polar surface area (TPSA) is 57.5 Å². The number of aromatic hydroxyl groups is 1. The minimum absolute atomic E-state index is 0.139. The van der Waals surface area contributed by atoms with Crippen molar-refractivity contribution in [2.24, 2.45) is 0 Å². The molecule has 1 aromatic carbocycles. The van der Waals surface area contributed by atoms with Gasteiger partial charge in [-0.05, 0) is 46.8 Å². The fourth-order valence-corrected chi connectivity index (χ4v) is 2.58. The molecule has 0 aliphatic heterocycles. The van der Waals surface area contributed by atoms with Gasteiger partial charge in [0.15, 0.2) is 0 Å². The van der Waals surface area contributed by atoms with Gasteiger partial charge in [0.2, 0.25) is 0 Å². The zero-order valence-electron chi connectivity index (χ0n) is 8.25. The van der Waals surface area contributed by atoms with Crippen molar-refractivity contribution in [3.05, 3.63) is 27.7 Å². The molecule has 1 aliphatic carbocycles. The first-order chi connectivity index (χ1) is 6.99. The molecule has 0 aromatic heterocycles. The summed E-state index contributed by atoms with van der Waals surface area (Å²) >= 11 is 3.26. The van der Waals surface area contributed by atoms with E-state index in [1.165, 1.54) is 0 Å². The lowest BCUT2D eigenvalue weighted by Gasteiger charge is -2.14. The Hall–Kier alpha value is -1.03. The maximum atomic E-state index is 11.1. The maximum absolute atomic E-state index is 11.1. The van der Waals surface area contributed by atoms with Gasteiger partial charge in [0.1, 0.15) is 5.75 Å². The number of aryl methyl sites for hydroxylation is 1. The van der Waals surface area contributed by atoms with E-state index in [-0.39, 0.29) is 5.75 Å². The predicted molar refractivity (Wildman–Crippen MR) is 59.1 cm³/mol. The average Bonchev–Trinajstić information content (AvgIpc) is 2.95. The summed E-state index contributed by atoms with van der Waals surface area (Å²) < 4.78 is 0.516. The molecule has 0 amide bonds. The Balaban J connectivity index is 2.55. The smallest absolute Gasteiger partial charge is 0.314 e. The molecule has 0 radical (unpaired) electrons. The number of rotatable bonds is 2. The molecule has 0 heterocycles. The molecule has 1 aliphatic rings. The van der Waals surface area contributed by atoms with E-state index in [4.69, 9.17) is 5.11 Å². The van der Waals surface area contributed by atoms with Crippen LogP contribution in [-0.2, 0) is 10.2 Å². The van der Waals surface area contributed by atoms with Gasteiger partial charge < -0.3 is 10.2 Å². The Bertz CT molecular complexity index is 436. The molecule has 0 bridgehead atoms. The minimum atomic E-state index is -0.813. The third-order valence-corrected chi connectivity index (χ3v) is 3.80. The lowest BCUT2D eigenvalue weighted by molar-refractivity contribution is -0.140. The van der Waals surface area contributed by atoms with E-state index in [9.17, 15) is 9.90 Å². The Morgan fingerprint density at radius 1 is 1.47 bits per heavy atom. The standard InChI is InChI=1S/C11H11BrO3/c1-6-2-3-7(8(12)9(6)13)11(4-5-11)10(14)15/h2-3,13H,4-5H2,1H3,(H,14,15). The van der Waals surface area contributed by atoms with Crippen molar-refractivity contribution in [1.29, 1.82) is 0 Å². The number of carboxylic acid groups (broad SMARTS) is 1. The molecular formula is C11H11BrO3. The highest BCUT2D eigenvalue weighted by Gasteiger charge is 2.53. The van der Waals surface area contributed by atoms with E-state index in [1.54, 1.807) is 19.1 Å². The Kier molecular flexibility index (Phi) is 2.26. The number of hydrogen-bond donors (Lipinski definition) is 2. The molecule has 3 nitrogen and oxygen atoms in total. The van der Waals surface area contributed by atoms with Gasteiger partial charge in [0.05, 0.1) is 9.89 Å². The third kappa shape index (κ3) is 1.44. The molecule has 15 heavy (non-hydrogen) atoms. The number of phenolic OH excluding ortho intramolecular Hbond substituents is 1. The van der Waals surface area contributed by atoms with Crippen LogP contribution >= 0.6 is 15.9 Å².